The van der Waals surface area contributed by atoms with Gasteiger partial charge in [0.15, 0.2) is 0 Å². The second-order valence-corrected chi connectivity index (χ2v) is 0.835. The number of aliphatic hydroxyl groups excluding tert-OH is 1. The topological polar surface area (TPSA) is 57.5 Å². The number of carbonyl (C=O) groups is 1. The molecular formula is C4H10EuO3. The van der Waals surface area contributed by atoms with Crippen LogP contribution in [0.15, 0.2) is 0 Å². The van der Waals surface area contributed by atoms with E-state index in [0.717, 1.165) is 6.92 Å². The van der Waals surface area contributed by atoms with E-state index in [1.54, 1.807) is 6.92 Å². The van der Waals surface area contributed by atoms with E-state index in [2.05, 4.69) is 0 Å². The largest absolute Gasteiger partial charge is 0.481 e. The Bertz CT molecular complexity index is 42.5. The van der Waals surface area contributed by atoms with Gasteiger partial charge in [0.25, 0.3) is 5.97 Å². The molecule has 2 N–H and O–H groups in total. The molecule has 0 aromatic carbocycles. The molecule has 0 aromatic heterocycles. The van der Waals surface area contributed by atoms with Gasteiger partial charge in [-0.05, 0) is 6.92 Å². The number of hydrogen-bond donors (Lipinski definition) is 2. The number of aliphatic hydroxyl groups is 1. The molecule has 0 aromatic rings. The summed E-state index contributed by atoms with van der Waals surface area (Å²) in [5, 5.41) is 15.0. The van der Waals surface area contributed by atoms with Crippen LogP contribution in [0.3, 0.4) is 0 Å². The van der Waals surface area contributed by atoms with Gasteiger partial charge in [-0.1, -0.05) is 0 Å². The van der Waals surface area contributed by atoms with Crippen LogP contribution in [-0.4, -0.2) is 22.8 Å². The molecule has 0 unspecified atom stereocenters. The summed E-state index contributed by atoms with van der Waals surface area (Å²) in [6, 6.07) is 0. The van der Waals surface area contributed by atoms with Gasteiger partial charge in [0.2, 0.25) is 0 Å². The fourth-order valence-corrected chi connectivity index (χ4v) is 0. The molecule has 4 heteroatoms. The van der Waals surface area contributed by atoms with Crippen molar-refractivity contribution in [2.24, 2.45) is 0 Å². The van der Waals surface area contributed by atoms with E-state index in [4.69, 9.17) is 15.0 Å². The molecule has 51 valence electrons. The first-order chi connectivity index (χ1) is 3.15. The predicted molar refractivity (Wildman–Crippen MR) is 26.1 cm³/mol. The Morgan fingerprint density at radius 1 is 1.62 bits per heavy atom. The predicted octanol–water partition coefficient (Wildman–Crippen LogP) is 0.0895. The number of carboxylic acids is 1. The molecule has 0 aliphatic carbocycles. The third-order valence-corrected chi connectivity index (χ3v) is 0. The molecule has 8 heavy (non-hydrogen) atoms. The van der Waals surface area contributed by atoms with E-state index in [-0.39, 0.29) is 56.0 Å². The van der Waals surface area contributed by atoms with Gasteiger partial charge in [-0.3, -0.25) is 4.79 Å². The van der Waals surface area contributed by atoms with Gasteiger partial charge in [0.1, 0.15) is 0 Å². The van der Waals surface area contributed by atoms with E-state index in [1.165, 1.54) is 0 Å². The van der Waals surface area contributed by atoms with E-state index in [9.17, 15) is 0 Å². The van der Waals surface area contributed by atoms with Gasteiger partial charge in [-0.15, -0.1) is 0 Å². The molecule has 0 fully saturated rings. The molecule has 1 radical (unpaired) electrons. The first-order valence-corrected chi connectivity index (χ1v) is 1.95. The monoisotopic (exact) mass is 259 g/mol. The minimum absolute atomic E-state index is 0. The summed E-state index contributed by atoms with van der Waals surface area (Å²) >= 11 is 0. The number of carboxylic acid groups (broad SMARTS) is 1. The van der Waals surface area contributed by atoms with Crippen LogP contribution < -0.4 is 0 Å². The summed E-state index contributed by atoms with van der Waals surface area (Å²) in [6.45, 7) is 3.01. The molecule has 0 aliphatic heterocycles. The Labute approximate surface area is 89.6 Å². The van der Waals surface area contributed by atoms with Crippen LogP contribution >= 0.6 is 0 Å². The molecule has 3 nitrogen and oxygen atoms in total. The van der Waals surface area contributed by atoms with Crippen LogP contribution in [0.5, 0.6) is 0 Å². The first kappa shape index (κ1) is 16.0. The SMILES string of the molecule is CC(=O)O.CCO.[Eu]. The minimum Gasteiger partial charge on any atom is -0.481 e. The van der Waals surface area contributed by atoms with Crippen molar-refractivity contribution < 1.29 is 64.4 Å². The van der Waals surface area contributed by atoms with Crippen molar-refractivity contribution in [3.63, 3.8) is 0 Å². The maximum Gasteiger partial charge on any atom is 0.300 e. The van der Waals surface area contributed by atoms with Gasteiger partial charge in [0, 0.05) is 62.9 Å². The Balaban J connectivity index is -0.0000000575. The van der Waals surface area contributed by atoms with Crippen molar-refractivity contribution in [1.29, 1.82) is 0 Å². The van der Waals surface area contributed by atoms with Crippen LogP contribution in [0.1, 0.15) is 13.8 Å². The van der Waals surface area contributed by atoms with Crippen molar-refractivity contribution in [2.45, 2.75) is 13.8 Å². The zero-order valence-electron chi connectivity index (χ0n) is 4.89. The average molecular weight is 258 g/mol. The second kappa shape index (κ2) is 15.7. The maximum absolute atomic E-state index is 9.00. The Hall–Kier alpha value is 1.01. The number of aliphatic carboxylic acids is 1. The zero-order chi connectivity index (χ0) is 6.28. The van der Waals surface area contributed by atoms with E-state index >= 15 is 0 Å². The average Bonchev–Trinajstić information content (AvgIpc) is 1.33. The van der Waals surface area contributed by atoms with Crippen LogP contribution in [-0.2, 0) is 4.79 Å². The quantitative estimate of drug-likeness (QED) is 0.647. The standard InChI is InChI=1S/C2H4O2.C2H6O.Eu/c1-2(3)4;1-2-3;/h1H3,(H,3,4);3H,2H2,1H3;. The fourth-order valence-electron chi connectivity index (χ4n) is 0. The first-order valence-electron chi connectivity index (χ1n) is 1.95. The third-order valence-electron chi connectivity index (χ3n) is 0. The summed E-state index contributed by atoms with van der Waals surface area (Å²) in [4.78, 5) is 9.00. The molecule has 0 spiro atoms. The normalized spacial score (nSPS) is 5.38. The van der Waals surface area contributed by atoms with Crippen LogP contribution in [0.4, 0.5) is 0 Å². The fraction of sp³-hybridized carbons (Fsp3) is 0.750. The summed E-state index contributed by atoms with van der Waals surface area (Å²) in [5.41, 5.74) is 0. The molecule has 0 amide bonds. The number of rotatable bonds is 0. The van der Waals surface area contributed by atoms with Crippen LogP contribution in [0, 0.1) is 49.4 Å². The Morgan fingerprint density at radius 2 is 1.62 bits per heavy atom. The smallest absolute Gasteiger partial charge is 0.300 e. The van der Waals surface area contributed by atoms with Gasteiger partial charge in [-0.2, -0.15) is 0 Å². The van der Waals surface area contributed by atoms with Crippen LogP contribution in [0.2, 0.25) is 0 Å². The van der Waals surface area contributed by atoms with Gasteiger partial charge >= 0.3 is 0 Å². The van der Waals surface area contributed by atoms with Gasteiger partial charge in [0.05, 0.1) is 0 Å². The molecule has 0 heterocycles. The third kappa shape index (κ3) is 247. The van der Waals surface area contributed by atoms with Crippen molar-refractivity contribution in [2.75, 3.05) is 6.61 Å². The Kier molecular flexibility index (Phi) is 31.4. The molecular weight excluding hydrogens is 248 g/mol. The zero-order valence-corrected chi connectivity index (χ0v) is 7.31. The molecule has 0 saturated carbocycles. The summed E-state index contributed by atoms with van der Waals surface area (Å²) < 4.78 is 0. The summed E-state index contributed by atoms with van der Waals surface area (Å²) in [6.07, 6.45) is 0. The van der Waals surface area contributed by atoms with E-state index < -0.39 is 5.97 Å². The second-order valence-electron chi connectivity index (χ2n) is 0.835. The van der Waals surface area contributed by atoms with E-state index in [1.807, 2.05) is 0 Å². The van der Waals surface area contributed by atoms with Gasteiger partial charge < -0.3 is 10.2 Å². The van der Waals surface area contributed by atoms with Crippen molar-refractivity contribution in [3.8, 4) is 0 Å². The molecule has 0 bridgehead atoms. The molecule has 0 aliphatic rings. The summed E-state index contributed by atoms with van der Waals surface area (Å²) in [5.74, 6) is -0.833. The van der Waals surface area contributed by atoms with Crippen molar-refractivity contribution in [1.82, 2.24) is 0 Å². The Morgan fingerprint density at radius 3 is 1.62 bits per heavy atom. The van der Waals surface area contributed by atoms with Crippen molar-refractivity contribution >= 4 is 5.97 Å². The molecule has 0 saturated heterocycles. The van der Waals surface area contributed by atoms with Gasteiger partial charge in [-0.25, -0.2) is 0 Å². The summed E-state index contributed by atoms with van der Waals surface area (Å²) in [7, 11) is 0. The molecule has 0 atom stereocenters. The minimum atomic E-state index is -0.833. The van der Waals surface area contributed by atoms with Crippen molar-refractivity contribution in [3.05, 3.63) is 0 Å². The number of hydrogen-bond acceptors (Lipinski definition) is 2. The van der Waals surface area contributed by atoms with E-state index in [0.29, 0.717) is 0 Å². The molecule has 0 rings (SSSR count). The maximum atomic E-state index is 9.00. The van der Waals surface area contributed by atoms with Crippen LogP contribution in [0.25, 0.3) is 0 Å².